The maximum absolute atomic E-state index is 13.9. The van der Waals surface area contributed by atoms with Gasteiger partial charge in [-0.3, -0.25) is 9.59 Å². The van der Waals surface area contributed by atoms with Crippen molar-refractivity contribution in [2.45, 2.75) is 38.1 Å². The molecule has 3 amide bonds. The summed E-state index contributed by atoms with van der Waals surface area (Å²) in [5.41, 5.74) is -0.651. The Hall–Kier alpha value is -2.23. The highest BCUT2D eigenvalue weighted by molar-refractivity contribution is 6.31. The standard InChI is InChI=1S/C21H27ClFN3O3.CH2O2/c1-2-25-20(28)26(18-12-16(22)11-17(23)13-18)19(27)21(25)5-7-24(8-6-21)14-15-3-9-29-10-4-15;2-1-3/h11-13,15H,2-10,14H2,1H3;1H,(H,2,3). The summed E-state index contributed by atoms with van der Waals surface area (Å²) in [7, 11) is 0. The summed E-state index contributed by atoms with van der Waals surface area (Å²) in [5, 5.41) is 7.05. The molecule has 3 fully saturated rings. The number of halogens is 2. The van der Waals surface area contributed by atoms with Crippen LogP contribution in [0.4, 0.5) is 14.9 Å². The molecule has 0 unspecified atom stereocenters. The third-order valence-electron chi connectivity index (χ3n) is 6.50. The van der Waals surface area contributed by atoms with Gasteiger partial charge in [-0.05, 0) is 56.7 Å². The Bertz CT molecular complexity index is 821. The van der Waals surface area contributed by atoms with Gasteiger partial charge in [-0.2, -0.15) is 0 Å². The fourth-order valence-electron chi connectivity index (χ4n) is 4.93. The van der Waals surface area contributed by atoms with Gasteiger partial charge in [0.2, 0.25) is 0 Å². The molecule has 0 aliphatic carbocycles. The number of nitrogens with zero attached hydrogens (tertiary/aromatic N) is 3. The molecule has 32 heavy (non-hydrogen) atoms. The van der Waals surface area contributed by atoms with E-state index in [0.29, 0.717) is 25.3 Å². The molecule has 1 spiro atoms. The number of carbonyl (C=O) groups is 3. The third kappa shape index (κ3) is 4.89. The number of imide groups is 1. The van der Waals surface area contributed by atoms with Gasteiger partial charge in [-0.25, -0.2) is 14.1 Å². The number of piperidine rings is 1. The van der Waals surface area contributed by atoms with Gasteiger partial charge in [0, 0.05) is 44.4 Å². The second-order valence-corrected chi connectivity index (χ2v) is 8.72. The number of rotatable bonds is 4. The van der Waals surface area contributed by atoms with Crippen LogP contribution < -0.4 is 4.90 Å². The van der Waals surface area contributed by atoms with Crippen molar-refractivity contribution in [3.05, 3.63) is 29.0 Å². The van der Waals surface area contributed by atoms with E-state index in [-0.39, 0.29) is 23.1 Å². The Morgan fingerprint density at radius 1 is 1.22 bits per heavy atom. The minimum Gasteiger partial charge on any atom is -0.483 e. The number of likely N-dealkylation sites (N-methyl/N-ethyl adjacent to an activating group) is 1. The maximum atomic E-state index is 13.9. The zero-order chi connectivity index (χ0) is 23.3. The van der Waals surface area contributed by atoms with Crippen molar-refractivity contribution in [1.82, 2.24) is 9.80 Å². The molecular weight excluding hydrogens is 441 g/mol. The summed E-state index contributed by atoms with van der Waals surface area (Å²) >= 11 is 5.96. The fourth-order valence-corrected chi connectivity index (χ4v) is 5.15. The number of anilines is 1. The highest BCUT2D eigenvalue weighted by Gasteiger charge is 2.58. The predicted octanol–water partition coefficient (Wildman–Crippen LogP) is 3.23. The third-order valence-corrected chi connectivity index (χ3v) is 6.72. The van der Waals surface area contributed by atoms with Crippen molar-refractivity contribution in [1.29, 1.82) is 0 Å². The van der Waals surface area contributed by atoms with Crippen LogP contribution in [0.25, 0.3) is 0 Å². The summed E-state index contributed by atoms with van der Waals surface area (Å²) in [6, 6.07) is 3.43. The lowest BCUT2D eigenvalue weighted by atomic mass is 9.85. The first-order chi connectivity index (χ1) is 15.4. The van der Waals surface area contributed by atoms with Crippen molar-refractivity contribution in [3.63, 3.8) is 0 Å². The average Bonchev–Trinajstić information content (AvgIpc) is 2.96. The van der Waals surface area contributed by atoms with Gasteiger partial charge < -0.3 is 19.6 Å². The molecule has 3 aliphatic rings. The molecule has 0 aromatic heterocycles. The summed E-state index contributed by atoms with van der Waals surface area (Å²) in [6.45, 7) is 6.26. The van der Waals surface area contributed by atoms with Crippen LogP contribution in [0.3, 0.4) is 0 Å². The lowest BCUT2D eigenvalue weighted by Crippen LogP contribution is -2.57. The van der Waals surface area contributed by atoms with Gasteiger partial charge >= 0.3 is 6.03 Å². The zero-order valence-electron chi connectivity index (χ0n) is 18.1. The van der Waals surface area contributed by atoms with Crippen molar-refractivity contribution >= 4 is 35.7 Å². The zero-order valence-corrected chi connectivity index (χ0v) is 18.9. The van der Waals surface area contributed by atoms with E-state index in [1.807, 2.05) is 6.92 Å². The Kier molecular flexibility index (Phi) is 8.08. The van der Waals surface area contributed by atoms with Crippen LogP contribution in [0.1, 0.15) is 32.6 Å². The highest BCUT2D eigenvalue weighted by atomic mass is 35.5. The van der Waals surface area contributed by atoms with Crippen LogP contribution in [-0.2, 0) is 14.3 Å². The number of hydrogen-bond acceptors (Lipinski definition) is 5. The quantitative estimate of drug-likeness (QED) is 0.538. The van der Waals surface area contributed by atoms with Crippen molar-refractivity contribution in [3.8, 4) is 0 Å². The predicted molar refractivity (Wildman–Crippen MR) is 117 cm³/mol. The largest absolute Gasteiger partial charge is 0.483 e. The lowest BCUT2D eigenvalue weighted by Gasteiger charge is -2.43. The molecule has 3 heterocycles. The number of carboxylic acid groups (broad SMARTS) is 1. The van der Waals surface area contributed by atoms with Crippen LogP contribution >= 0.6 is 11.6 Å². The molecule has 1 aromatic rings. The van der Waals surface area contributed by atoms with Crippen LogP contribution in [0.15, 0.2) is 18.2 Å². The molecule has 0 bridgehead atoms. The number of urea groups is 1. The van der Waals surface area contributed by atoms with Gasteiger partial charge in [0.25, 0.3) is 12.4 Å². The smallest absolute Gasteiger partial charge is 0.332 e. The molecule has 10 heteroatoms. The molecule has 1 aromatic carbocycles. The Morgan fingerprint density at radius 3 is 2.41 bits per heavy atom. The van der Waals surface area contributed by atoms with Crippen molar-refractivity contribution in [2.24, 2.45) is 5.92 Å². The average molecular weight is 470 g/mol. The first-order valence-corrected chi connectivity index (χ1v) is 11.2. The normalized spacial score (nSPS) is 21.6. The molecule has 176 valence electrons. The lowest BCUT2D eigenvalue weighted by molar-refractivity contribution is -0.127. The summed E-state index contributed by atoms with van der Waals surface area (Å²) in [6.07, 6.45) is 3.34. The highest BCUT2D eigenvalue weighted by Crippen LogP contribution is 2.40. The number of hydrogen-bond donors (Lipinski definition) is 1. The van der Waals surface area contributed by atoms with Crippen LogP contribution in [-0.4, -0.2) is 78.2 Å². The molecular formula is C22H29ClFN3O5. The topological polar surface area (TPSA) is 90.4 Å². The number of likely N-dealkylation sites (tertiary alicyclic amines) is 1. The van der Waals surface area contributed by atoms with Gasteiger partial charge in [0.1, 0.15) is 11.4 Å². The molecule has 3 saturated heterocycles. The molecule has 0 radical (unpaired) electrons. The first kappa shape index (κ1) is 24.4. The molecule has 0 atom stereocenters. The van der Waals surface area contributed by atoms with E-state index in [9.17, 15) is 14.0 Å². The van der Waals surface area contributed by atoms with E-state index in [1.165, 1.54) is 12.1 Å². The van der Waals surface area contributed by atoms with Gasteiger partial charge in [-0.15, -0.1) is 0 Å². The summed E-state index contributed by atoms with van der Waals surface area (Å²) in [4.78, 5) is 40.0. The SMILES string of the molecule is CCN1C(=O)N(c2cc(F)cc(Cl)c2)C(=O)C12CCN(CC1CCOCC1)CC2.O=CO. The van der Waals surface area contributed by atoms with E-state index >= 15 is 0 Å². The number of amides is 3. The molecule has 1 N–H and O–H groups in total. The summed E-state index contributed by atoms with van der Waals surface area (Å²) < 4.78 is 19.3. The van der Waals surface area contributed by atoms with E-state index < -0.39 is 17.4 Å². The van der Waals surface area contributed by atoms with Gasteiger partial charge in [0.15, 0.2) is 0 Å². The minimum atomic E-state index is -0.850. The first-order valence-electron chi connectivity index (χ1n) is 10.9. The Labute approximate surface area is 191 Å². The van der Waals surface area contributed by atoms with E-state index in [4.69, 9.17) is 26.2 Å². The van der Waals surface area contributed by atoms with Gasteiger partial charge in [-0.1, -0.05) is 11.6 Å². The maximum Gasteiger partial charge on any atom is 0.332 e. The number of benzene rings is 1. The molecule has 4 rings (SSSR count). The molecule has 0 saturated carbocycles. The second-order valence-electron chi connectivity index (χ2n) is 8.29. The van der Waals surface area contributed by atoms with Crippen molar-refractivity contribution < 1.29 is 28.6 Å². The van der Waals surface area contributed by atoms with Crippen LogP contribution in [0.5, 0.6) is 0 Å². The monoisotopic (exact) mass is 469 g/mol. The number of ether oxygens (including phenoxy) is 1. The van der Waals surface area contributed by atoms with Crippen LogP contribution in [0, 0.1) is 11.7 Å². The molecule has 3 aliphatic heterocycles. The van der Waals surface area contributed by atoms with E-state index in [0.717, 1.165) is 56.7 Å². The minimum absolute atomic E-state index is 0.163. The second kappa shape index (κ2) is 10.6. The van der Waals surface area contributed by atoms with Crippen LogP contribution in [0.2, 0.25) is 5.02 Å². The fraction of sp³-hybridized carbons (Fsp3) is 0.591. The van der Waals surface area contributed by atoms with Crippen molar-refractivity contribution in [2.75, 3.05) is 44.3 Å². The van der Waals surface area contributed by atoms with E-state index in [1.54, 1.807) is 4.90 Å². The summed E-state index contributed by atoms with van der Waals surface area (Å²) in [5.74, 6) is -0.202. The van der Waals surface area contributed by atoms with E-state index in [2.05, 4.69) is 4.90 Å². The Balaban J connectivity index is 0.000000913. The Morgan fingerprint density at radius 2 is 1.84 bits per heavy atom. The number of carbonyl (C=O) groups excluding carboxylic acids is 2. The van der Waals surface area contributed by atoms with Gasteiger partial charge in [0.05, 0.1) is 5.69 Å². The molecule has 8 nitrogen and oxygen atoms in total.